The first-order valence-electron chi connectivity index (χ1n) is 6.70. The van der Waals surface area contributed by atoms with Crippen molar-refractivity contribution in [1.82, 2.24) is 10.2 Å². The molecule has 7 heteroatoms. The summed E-state index contributed by atoms with van der Waals surface area (Å²) in [6.45, 7) is 2.89. The Morgan fingerprint density at radius 1 is 1.60 bits per heavy atom. The third-order valence-electron chi connectivity index (χ3n) is 3.30. The summed E-state index contributed by atoms with van der Waals surface area (Å²) in [4.78, 5) is 14.2. The number of piperidine rings is 1. The first-order chi connectivity index (χ1) is 9.65. The van der Waals surface area contributed by atoms with Gasteiger partial charge in [-0.15, -0.1) is 5.10 Å². The van der Waals surface area contributed by atoms with Crippen LogP contribution in [0.25, 0.3) is 0 Å². The molecule has 0 bridgehead atoms. The lowest BCUT2D eigenvalue weighted by atomic mass is 10.0. The van der Waals surface area contributed by atoms with Crippen molar-refractivity contribution in [3.05, 3.63) is 17.8 Å². The molecule has 108 valence electrons. The number of thiocarbonyl (C=S) groups is 1. The topological polar surface area (TPSA) is 81.3 Å². The van der Waals surface area contributed by atoms with Gasteiger partial charge in [-0.25, -0.2) is 4.79 Å². The fourth-order valence-electron chi connectivity index (χ4n) is 2.40. The van der Waals surface area contributed by atoms with Crippen molar-refractivity contribution >= 4 is 29.0 Å². The first-order valence-corrected chi connectivity index (χ1v) is 7.10. The minimum atomic E-state index is -0.339. The van der Waals surface area contributed by atoms with E-state index in [0.29, 0.717) is 18.0 Å². The maximum absolute atomic E-state index is 12.1. The van der Waals surface area contributed by atoms with E-state index in [4.69, 9.17) is 22.7 Å². The zero-order chi connectivity index (χ0) is 14.5. The predicted octanol–water partition coefficient (Wildman–Crippen LogP) is 1.03. The summed E-state index contributed by atoms with van der Waals surface area (Å²) in [6.07, 6.45) is 4.26. The van der Waals surface area contributed by atoms with Crippen molar-refractivity contribution in [3.8, 4) is 0 Å². The SMILES string of the molecule is CCOC(=O)C1CCCCN1c1nnccc1C(N)=S. The molecule has 1 saturated heterocycles. The third kappa shape index (κ3) is 3.04. The normalized spacial score (nSPS) is 18.6. The number of rotatable bonds is 4. The molecule has 1 aliphatic rings. The van der Waals surface area contributed by atoms with E-state index in [9.17, 15) is 4.79 Å². The number of hydrogen-bond donors (Lipinski definition) is 1. The van der Waals surface area contributed by atoms with Crippen molar-refractivity contribution in [3.63, 3.8) is 0 Å². The maximum Gasteiger partial charge on any atom is 0.328 e. The minimum absolute atomic E-state index is 0.230. The lowest BCUT2D eigenvalue weighted by molar-refractivity contribution is -0.145. The van der Waals surface area contributed by atoms with Gasteiger partial charge in [-0.2, -0.15) is 5.10 Å². The predicted molar refractivity (Wildman–Crippen MR) is 79.5 cm³/mol. The summed E-state index contributed by atoms with van der Waals surface area (Å²) in [5, 5.41) is 8.00. The second-order valence-corrected chi connectivity index (χ2v) is 5.03. The zero-order valence-electron chi connectivity index (χ0n) is 11.4. The molecule has 0 spiro atoms. The summed E-state index contributed by atoms with van der Waals surface area (Å²) in [5.41, 5.74) is 6.37. The number of carbonyl (C=O) groups excluding carboxylic acids is 1. The molecule has 20 heavy (non-hydrogen) atoms. The van der Waals surface area contributed by atoms with Gasteiger partial charge in [-0.1, -0.05) is 12.2 Å². The fraction of sp³-hybridized carbons (Fsp3) is 0.538. The fourth-order valence-corrected chi connectivity index (χ4v) is 2.56. The average Bonchev–Trinajstić information content (AvgIpc) is 2.47. The lowest BCUT2D eigenvalue weighted by Crippen LogP contribution is -2.47. The van der Waals surface area contributed by atoms with Gasteiger partial charge in [0, 0.05) is 6.54 Å². The van der Waals surface area contributed by atoms with Gasteiger partial charge in [0.1, 0.15) is 11.0 Å². The Bertz CT molecular complexity index is 509. The summed E-state index contributed by atoms with van der Waals surface area (Å²) in [6, 6.07) is 1.38. The molecule has 0 aliphatic carbocycles. The summed E-state index contributed by atoms with van der Waals surface area (Å²) in [5.74, 6) is 0.337. The van der Waals surface area contributed by atoms with Gasteiger partial charge in [-0.3, -0.25) is 0 Å². The first kappa shape index (κ1) is 14.6. The number of carbonyl (C=O) groups is 1. The standard InChI is InChI=1S/C13H18N4O2S/c1-2-19-13(18)10-5-3-4-8-17(10)12-9(11(14)20)6-7-15-16-12/h6-7,10H,2-5,8H2,1H3,(H2,14,20). The van der Waals surface area contributed by atoms with Crippen molar-refractivity contribution in [1.29, 1.82) is 0 Å². The highest BCUT2D eigenvalue weighted by atomic mass is 32.1. The third-order valence-corrected chi connectivity index (χ3v) is 3.52. The molecule has 2 heterocycles. The lowest BCUT2D eigenvalue weighted by Gasteiger charge is -2.35. The van der Waals surface area contributed by atoms with Crippen LogP contribution >= 0.6 is 12.2 Å². The Hall–Kier alpha value is -1.76. The monoisotopic (exact) mass is 294 g/mol. The number of esters is 1. The van der Waals surface area contributed by atoms with E-state index < -0.39 is 0 Å². The smallest absolute Gasteiger partial charge is 0.328 e. The highest BCUT2D eigenvalue weighted by Gasteiger charge is 2.32. The van der Waals surface area contributed by atoms with Gasteiger partial charge in [0.2, 0.25) is 0 Å². The largest absolute Gasteiger partial charge is 0.464 e. The molecule has 2 N–H and O–H groups in total. The van der Waals surface area contributed by atoms with Crippen LogP contribution in [-0.4, -0.2) is 40.3 Å². The molecule has 1 unspecified atom stereocenters. The molecule has 6 nitrogen and oxygen atoms in total. The second kappa shape index (κ2) is 6.60. The van der Waals surface area contributed by atoms with E-state index in [1.165, 1.54) is 0 Å². The Labute approximate surface area is 123 Å². The number of ether oxygens (including phenoxy) is 1. The van der Waals surface area contributed by atoms with E-state index in [1.54, 1.807) is 19.2 Å². The van der Waals surface area contributed by atoms with Crippen molar-refractivity contribution < 1.29 is 9.53 Å². The summed E-state index contributed by atoms with van der Waals surface area (Å²) in [7, 11) is 0. The number of nitrogens with zero attached hydrogens (tertiary/aromatic N) is 3. The van der Waals surface area contributed by atoms with E-state index in [1.807, 2.05) is 4.90 Å². The van der Waals surface area contributed by atoms with Gasteiger partial charge in [0.25, 0.3) is 0 Å². The van der Waals surface area contributed by atoms with Crippen molar-refractivity contribution in [2.45, 2.75) is 32.2 Å². The molecule has 1 atom stereocenters. The van der Waals surface area contributed by atoms with Crippen LogP contribution in [-0.2, 0) is 9.53 Å². The van der Waals surface area contributed by atoms with E-state index >= 15 is 0 Å². The number of aromatic nitrogens is 2. The van der Waals surface area contributed by atoms with Crippen molar-refractivity contribution in [2.75, 3.05) is 18.1 Å². The number of hydrogen-bond acceptors (Lipinski definition) is 6. The maximum atomic E-state index is 12.1. The number of nitrogens with two attached hydrogens (primary N) is 1. The molecular formula is C13H18N4O2S. The molecule has 0 saturated carbocycles. The molecule has 1 aromatic heterocycles. The van der Waals surface area contributed by atoms with E-state index in [-0.39, 0.29) is 17.0 Å². The quantitative estimate of drug-likeness (QED) is 0.656. The minimum Gasteiger partial charge on any atom is -0.464 e. The van der Waals surface area contributed by atoms with Gasteiger partial charge in [-0.05, 0) is 32.3 Å². The van der Waals surface area contributed by atoms with Crippen LogP contribution in [0.2, 0.25) is 0 Å². The van der Waals surface area contributed by atoms with Crippen LogP contribution < -0.4 is 10.6 Å². The van der Waals surface area contributed by atoms with E-state index in [0.717, 1.165) is 25.8 Å². The molecule has 2 rings (SSSR count). The van der Waals surface area contributed by atoms with Gasteiger partial charge in [0.15, 0.2) is 5.82 Å². The van der Waals surface area contributed by atoms with Crippen LogP contribution in [0, 0.1) is 0 Å². The van der Waals surface area contributed by atoms with Gasteiger partial charge >= 0.3 is 5.97 Å². The van der Waals surface area contributed by atoms with Crippen LogP contribution in [0.5, 0.6) is 0 Å². The highest BCUT2D eigenvalue weighted by Crippen LogP contribution is 2.26. The van der Waals surface area contributed by atoms with Gasteiger partial charge in [0.05, 0.1) is 18.4 Å². The van der Waals surface area contributed by atoms with Crippen LogP contribution in [0.4, 0.5) is 5.82 Å². The molecule has 1 aromatic rings. The number of anilines is 1. The Morgan fingerprint density at radius 3 is 3.10 bits per heavy atom. The summed E-state index contributed by atoms with van der Waals surface area (Å²) < 4.78 is 5.14. The molecule has 0 amide bonds. The zero-order valence-corrected chi connectivity index (χ0v) is 12.2. The van der Waals surface area contributed by atoms with Crippen LogP contribution in [0.1, 0.15) is 31.7 Å². The van der Waals surface area contributed by atoms with Crippen LogP contribution in [0.3, 0.4) is 0 Å². The average molecular weight is 294 g/mol. The van der Waals surface area contributed by atoms with E-state index in [2.05, 4.69) is 10.2 Å². The molecular weight excluding hydrogens is 276 g/mol. The molecule has 1 aliphatic heterocycles. The second-order valence-electron chi connectivity index (χ2n) is 4.59. The Morgan fingerprint density at radius 2 is 2.40 bits per heavy atom. The van der Waals surface area contributed by atoms with Crippen molar-refractivity contribution in [2.24, 2.45) is 5.73 Å². The molecule has 0 aromatic carbocycles. The van der Waals surface area contributed by atoms with Gasteiger partial charge < -0.3 is 15.4 Å². The highest BCUT2D eigenvalue weighted by molar-refractivity contribution is 7.80. The molecule has 0 radical (unpaired) electrons. The Balaban J connectivity index is 2.33. The molecule has 1 fully saturated rings. The van der Waals surface area contributed by atoms with Crippen LogP contribution in [0.15, 0.2) is 12.3 Å². The Kier molecular flexibility index (Phi) is 4.84. The summed E-state index contributed by atoms with van der Waals surface area (Å²) >= 11 is 5.04.